The van der Waals surface area contributed by atoms with E-state index in [1.165, 1.54) is 12.1 Å². The van der Waals surface area contributed by atoms with E-state index in [1.807, 2.05) is 6.92 Å². The normalized spacial score (nSPS) is 13.8. The Morgan fingerprint density at radius 1 is 1.16 bits per heavy atom. The van der Waals surface area contributed by atoms with Crippen molar-refractivity contribution >= 4 is 0 Å². The van der Waals surface area contributed by atoms with Crippen LogP contribution in [0.5, 0.6) is 0 Å². The van der Waals surface area contributed by atoms with Gasteiger partial charge in [0, 0.05) is 6.04 Å². The molecule has 1 aromatic carbocycles. The Bertz CT molecular complexity index is 383. The molecule has 0 aliphatic carbocycles. The summed E-state index contributed by atoms with van der Waals surface area (Å²) in [6.07, 6.45) is -2.11. The molecule has 19 heavy (non-hydrogen) atoms. The lowest BCUT2D eigenvalue weighted by Crippen LogP contribution is -2.25. The SMILES string of the molecule is CCC(CC)CNC(C)c1cccc(C(F)(F)F)c1. The molecule has 4 heteroatoms. The van der Waals surface area contributed by atoms with Crippen LogP contribution < -0.4 is 5.32 Å². The molecule has 0 aliphatic heterocycles. The van der Waals surface area contributed by atoms with Crippen LogP contribution in [0.2, 0.25) is 0 Å². The summed E-state index contributed by atoms with van der Waals surface area (Å²) < 4.78 is 37.9. The summed E-state index contributed by atoms with van der Waals surface area (Å²) in [5, 5.41) is 3.31. The minimum Gasteiger partial charge on any atom is -0.310 e. The first-order valence-corrected chi connectivity index (χ1v) is 6.79. The van der Waals surface area contributed by atoms with Crippen molar-refractivity contribution in [1.82, 2.24) is 5.32 Å². The van der Waals surface area contributed by atoms with Gasteiger partial charge in [-0.3, -0.25) is 0 Å². The van der Waals surface area contributed by atoms with Crippen LogP contribution in [-0.2, 0) is 6.18 Å². The Morgan fingerprint density at radius 2 is 1.79 bits per heavy atom. The topological polar surface area (TPSA) is 12.0 Å². The summed E-state index contributed by atoms with van der Waals surface area (Å²) >= 11 is 0. The number of hydrogen-bond acceptors (Lipinski definition) is 1. The van der Waals surface area contributed by atoms with Crippen molar-refractivity contribution < 1.29 is 13.2 Å². The van der Waals surface area contributed by atoms with Gasteiger partial charge in [0.25, 0.3) is 0 Å². The van der Waals surface area contributed by atoms with Crippen molar-refractivity contribution in [2.24, 2.45) is 5.92 Å². The molecule has 1 N–H and O–H groups in total. The molecule has 0 spiro atoms. The first kappa shape index (κ1) is 16.0. The predicted octanol–water partition coefficient (Wildman–Crippen LogP) is 4.79. The Labute approximate surface area is 113 Å². The lowest BCUT2D eigenvalue weighted by molar-refractivity contribution is -0.137. The molecule has 108 valence electrons. The second-order valence-electron chi connectivity index (χ2n) is 4.94. The summed E-state index contributed by atoms with van der Waals surface area (Å²) in [5.41, 5.74) is 0.0990. The van der Waals surface area contributed by atoms with Crippen LogP contribution in [0.15, 0.2) is 24.3 Å². The van der Waals surface area contributed by atoms with Crippen LogP contribution in [0, 0.1) is 5.92 Å². The van der Waals surface area contributed by atoms with Gasteiger partial charge in [-0.05, 0) is 37.1 Å². The molecule has 1 nitrogen and oxygen atoms in total. The van der Waals surface area contributed by atoms with E-state index < -0.39 is 11.7 Å². The summed E-state index contributed by atoms with van der Waals surface area (Å²) in [6.45, 7) is 7.00. The summed E-state index contributed by atoms with van der Waals surface area (Å²) in [6, 6.07) is 5.47. The van der Waals surface area contributed by atoms with Crippen molar-refractivity contribution in [3.05, 3.63) is 35.4 Å². The van der Waals surface area contributed by atoms with Crippen LogP contribution in [0.25, 0.3) is 0 Å². The maximum absolute atomic E-state index is 12.6. The van der Waals surface area contributed by atoms with Gasteiger partial charge < -0.3 is 5.32 Å². The number of alkyl halides is 3. The fourth-order valence-corrected chi connectivity index (χ4v) is 2.02. The van der Waals surface area contributed by atoms with E-state index in [-0.39, 0.29) is 6.04 Å². The van der Waals surface area contributed by atoms with E-state index in [4.69, 9.17) is 0 Å². The predicted molar refractivity (Wildman–Crippen MR) is 71.9 cm³/mol. The van der Waals surface area contributed by atoms with Gasteiger partial charge in [0.1, 0.15) is 0 Å². The van der Waals surface area contributed by atoms with Crippen LogP contribution >= 0.6 is 0 Å². The number of hydrogen-bond donors (Lipinski definition) is 1. The number of nitrogens with one attached hydrogen (secondary N) is 1. The molecule has 0 radical (unpaired) electrons. The van der Waals surface area contributed by atoms with Crippen LogP contribution in [0.3, 0.4) is 0 Å². The molecule has 0 saturated heterocycles. The van der Waals surface area contributed by atoms with Gasteiger partial charge in [-0.1, -0.05) is 38.8 Å². The second-order valence-corrected chi connectivity index (χ2v) is 4.94. The molecule has 1 unspecified atom stereocenters. The quantitative estimate of drug-likeness (QED) is 0.785. The highest BCUT2D eigenvalue weighted by Crippen LogP contribution is 2.30. The maximum atomic E-state index is 12.6. The van der Waals surface area contributed by atoms with E-state index in [0.717, 1.165) is 25.5 Å². The van der Waals surface area contributed by atoms with E-state index in [1.54, 1.807) is 6.07 Å². The van der Waals surface area contributed by atoms with Crippen molar-refractivity contribution in [3.8, 4) is 0 Å². The minimum absolute atomic E-state index is 0.0668. The van der Waals surface area contributed by atoms with Gasteiger partial charge in [0.15, 0.2) is 0 Å². The van der Waals surface area contributed by atoms with E-state index in [0.29, 0.717) is 11.5 Å². The van der Waals surface area contributed by atoms with Crippen LogP contribution in [0.4, 0.5) is 13.2 Å². The maximum Gasteiger partial charge on any atom is 0.416 e. The van der Waals surface area contributed by atoms with Crippen molar-refractivity contribution in [2.45, 2.75) is 45.8 Å². The Hall–Kier alpha value is -1.03. The molecule has 0 fully saturated rings. The highest BCUT2D eigenvalue weighted by atomic mass is 19.4. The lowest BCUT2D eigenvalue weighted by atomic mass is 10.0. The summed E-state index contributed by atoms with van der Waals surface area (Å²) in [4.78, 5) is 0. The molecule has 0 aromatic heterocycles. The molecular formula is C15H22F3N. The van der Waals surface area contributed by atoms with Crippen molar-refractivity contribution in [1.29, 1.82) is 0 Å². The number of benzene rings is 1. The number of halogens is 3. The smallest absolute Gasteiger partial charge is 0.310 e. The van der Waals surface area contributed by atoms with Crippen LogP contribution in [-0.4, -0.2) is 6.54 Å². The summed E-state index contributed by atoms with van der Waals surface area (Å²) in [7, 11) is 0. The van der Waals surface area contributed by atoms with Gasteiger partial charge in [0.05, 0.1) is 5.56 Å². The second kappa shape index (κ2) is 6.94. The standard InChI is InChI=1S/C15H22F3N/c1-4-12(5-2)10-19-11(3)13-7-6-8-14(9-13)15(16,17)18/h6-9,11-12,19H,4-5,10H2,1-3H3. The third kappa shape index (κ3) is 4.86. The molecule has 0 aliphatic rings. The van der Waals surface area contributed by atoms with Crippen molar-refractivity contribution in [2.75, 3.05) is 6.54 Å². The molecule has 1 aromatic rings. The molecule has 0 heterocycles. The number of rotatable bonds is 6. The zero-order chi connectivity index (χ0) is 14.5. The zero-order valence-corrected chi connectivity index (χ0v) is 11.7. The highest BCUT2D eigenvalue weighted by molar-refractivity contribution is 5.27. The molecule has 1 atom stereocenters. The largest absolute Gasteiger partial charge is 0.416 e. The first-order valence-electron chi connectivity index (χ1n) is 6.79. The zero-order valence-electron chi connectivity index (χ0n) is 11.7. The van der Waals surface area contributed by atoms with Gasteiger partial charge >= 0.3 is 6.18 Å². The molecule has 1 rings (SSSR count). The summed E-state index contributed by atoms with van der Waals surface area (Å²) in [5.74, 6) is 0.577. The Morgan fingerprint density at radius 3 is 2.32 bits per heavy atom. The minimum atomic E-state index is -4.27. The molecular weight excluding hydrogens is 251 g/mol. The van der Waals surface area contributed by atoms with Gasteiger partial charge in [-0.15, -0.1) is 0 Å². The fraction of sp³-hybridized carbons (Fsp3) is 0.600. The van der Waals surface area contributed by atoms with Gasteiger partial charge in [-0.25, -0.2) is 0 Å². The highest BCUT2D eigenvalue weighted by Gasteiger charge is 2.30. The average Bonchev–Trinajstić information content (AvgIpc) is 2.39. The van der Waals surface area contributed by atoms with Crippen LogP contribution in [0.1, 0.15) is 50.8 Å². The first-order chi connectivity index (χ1) is 8.88. The fourth-order valence-electron chi connectivity index (χ4n) is 2.02. The van der Waals surface area contributed by atoms with E-state index >= 15 is 0 Å². The van der Waals surface area contributed by atoms with Gasteiger partial charge in [-0.2, -0.15) is 13.2 Å². The monoisotopic (exact) mass is 273 g/mol. The third-order valence-corrected chi connectivity index (χ3v) is 3.58. The molecule has 0 amide bonds. The van der Waals surface area contributed by atoms with Gasteiger partial charge in [0.2, 0.25) is 0 Å². The van der Waals surface area contributed by atoms with E-state index in [2.05, 4.69) is 19.2 Å². The van der Waals surface area contributed by atoms with Crippen molar-refractivity contribution in [3.63, 3.8) is 0 Å². The molecule has 0 saturated carbocycles. The lowest BCUT2D eigenvalue weighted by Gasteiger charge is -2.19. The third-order valence-electron chi connectivity index (χ3n) is 3.58. The van der Waals surface area contributed by atoms with E-state index in [9.17, 15) is 13.2 Å². The Balaban J connectivity index is 2.69. The molecule has 0 bridgehead atoms. The Kier molecular flexibility index (Phi) is 5.85. The average molecular weight is 273 g/mol.